The topological polar surface area (TPSA) is 94.5 Å². The highest BCUT2D eigenvalue weighted by molar-refractivity contribution is 6.31. The molecule has 8 heteroatoms. The highest BCUT2D eigenvalue weighted by Gasteiger charge is 2.07. The Morgan fingerprint density at radius 1 is 1.32 bits per heavy atom. The maximum atomic E-state index is 6.17. The van der Waals surface area contributed by atoms with Gasteiger partial charge in [-0.3, -0.25) is 4.68 Å². The van der Waals surface area contributed by atoms with Crippen LogP contribution in [0, 0.1) is 0 Å². The summed E-state index contributed by atoms with van der Waals surface area (Å²) in [5.74, 6) is 0.976. The molecule has 0 aliphatic carbocycles. The smallest absolute Gasteiger partial charge is 0.230 e. The molecular formula is C14H14ClN7. The van der Waals surface area contributed by atoms with E-state index in [1.54, 1.807) is 16.9 Å². The second-order valence-electron chi connectivity index (χ2n) is 4.67. The zero-order valence-corrected chi connectivity index (χ0v) is 12.6. The molecule has 2 aromatic heterocycles. The Labute approximate surface area is 132 Å². The molecule has 0 fully saturated rings. The predicted molar refractivity (Wildman–Crippen MR) is 84.7 cm³/mol. The van der Waals surface area contributed by atoms with Crippen molar-refractivity contribution < 1.29 is 0 Å². The van der Waals surface area contributed by atoms with Gasteiger partial charge in [-0.1, -0.05) is 23.7 Å². The number of hydrogen-bond acceptors (Lipinski definition) is 6. The lowest BCUT2D eigenvalue weighted by molar-refractivity contribution is 0.768. The first-order valence-corrected chi connectivity index (χ1v) is 6.97. The lowest BCUT2D eigenvalue weighted by Gasteiger charge is -2.06. The van der Waals surface area contributed by atoms with E-state index in [-0.39, 0.29) is 0 Å². The van der Waals surface area contributed by atoms with Crippen molar-refractivity contribution in [1.82, 2.24) is 24.7 Å². The molecule has 22 heavy (non-hydrogen) atoms. The van der Waals surface area contributed by atoms with E-state index < -0.39 is 0 Å². The molecule has 0 atom stereocenters. The van der Waals surface area contributed by atoms with Crippen molar-refractivity contribution in [3.63, 3.8) is 0 Å². The molecular weight excluding hydrogens is 302 g/mol. The molecule has 0 bridgehead atoms. The highest BCUT2D eigenvalue weighted by Crippen LogP contribution is 2.23. The van der Waals surface area contributed by atoms with E-state index in [1.807, 2.05) is 25.4 Å². The van der Waals surface area contributed by atoms with Crippen LogP contribution in [0.4, 0.5) is 11.6 Å². The summed E-state index contributed by atoms with van der Waals surface area (Å²) in [6.07, 6.45) is 4.97. The minimum Gasteiger partial charge on any atom is -0.326 e. The number of aryl methyl sites for hydroxylation is 1. The van der Waals surface area contributed by atoms with Crippen molar-refractivity contribution in [3.8, 4) is 11.4 Å². The minimum absolute atomic E-state index is 0.393. The number of nitrogens with zero attached hydrogens (tertiary/aromatic N) is 5. The first-order chi connectivity index (χ1) is 10.7. The zero-order chi connectivity index (χ0) is 15.5. The number of rotatable bonds is 4. The van der Waals surface area contributed by atoms with E-state index in [0.29, 0.717) is 23.3 Å². The largest absolute Gasteiger partial charge is 0.326 e. The van der Waals surface area contributed by atoms with E-state index in [4.69, 9.17) is 17.3 Å². The van der Waals surface area contributed by atoms with E-state index in [0.717, 1.165) is 16.8 Å². The van der Waals surface area contributed by atoms with Gasteiger partial charge in [0.1, 0.15) is 6.33 Å². The lowest BCUT2D eigenvalue weighted by Crippen LogP contribution is -2.00. The van der Waals surface area contributed by atoms with Crippen LogP contribution >= 0.6 is 11.6 Å². The summed E-state index contributed by atoms with van der Waals surface area (Å²) in [5, 5.41) is 7.75. The van der Waals surface area contributed by atoms with Gasteiger partial charge in [-0.25, -0.2) is 9.97 Å². The number of halogens is 1. The van der Waals surface area contributed by atoms with Crippen molar-refractivity contribution in [3.05, 3.63) is 47.5 Å². The number of hydrogen-bond donors (Lipinski definition) is 2. The maximum absolute atomic E-state index is 6.17. The van der Waals surface area contributed by atoms with Crippen LogP contribution in [-0.4, -0.2) is 24.7 Å². The van der Waals surface area contributed by atoms with Crippen molar-refractivity contribution in [2.45, 2.75) is 6.54 Å². The van der Waals surface area contributed by atoms with E-state index in [2.05, 4.69) is 25.4 Å². The van der Waals surface area contributed by atoms with Crippen LogP contribution in [-0.2, 0) is 13.6 Å². The number of nitrogens with two attached hydrogens (primary N) is 1. The standard InChI is InChI=1S/C14H14ClN7/c1-22-7-11(6-19-22)20-14-18-8-17-13(21-14)9-2-3-10(5-16)12(15)4-9/h2-4,6-8H,5,16H2,1H3,(H,17,18,20,21). The third kappa shape index (κ3) is 3.05. The van der Waals surface area contributed by atoms with Crippen molar-refractivity contribution in [2.75, 3.05) is 5.32 Å². The molecule has 0 saturated heterocycles. The molecule has 0 aliphatic rings. The molecule has 0 radical (unpaired) electrons. The molecule has 0 spiro atoms. The zero-order valence-electron chi connectivity index (χ0n) is 11.9. The third-order valence-electron chi connectivity index (χ3n) is 3.06. The van der Waals surface area contributed by atoms with Crippen LogP contribution in [0.1, 0.15) is 5.56 Å². The average molecular weight is 316 g/mol. The van der Waals surface area contributed by atoms with Crippen LogP contribution in [0.5, 0.6) is 0 Å². The number of nitrogens with one attached hydrogen (secondary N) is 1. The molecule has 112 valence electrons. The predicted octanol–water partition coefficient (Wildman–Crippen LogP) is 2.13. The number of aromatic nitrogens is 5. The summed E-state index contributed by atoms with van der Waals surface area (Å²) in [7, 11) is 1.84. The molecule has 3 N–H and O–H groups in total. The van der Waals surface area contributed by atoms with Crippen molar-refractivity contribution >= 4 is 23.2 Å². The Kier molecular flexibility index (Phi) is 3.99. The van der Waals surface area contributed by atoms with Gasteiger partial charge in [0.15, 0.2) is 5.82 Å². The summed E-state index contributed by atoms with van der Waals surface area (Å²) in [6, 6.07) is 5.56. The Balaban J connectivity index is 1.89. The normalized spacial score (nSPS) is 10.7. The summed E-state index contributed by atoms with van der Waals surface area (Å²) in [4.78, 5) is 12.7. The Bertz CT molecular complexity index is 799. The van der Waals surface area contributed by atoms with E-state index >= 15 is 0 Å². The summed E-state index contributed by atoms with van der Waals surface area (Å²) in [5.41, 5.74) is 8.10. The molecule has 2 heterocycles. The maximum Gasteiger partial charge on any atom is 0.230 e. The van der Waals surface area contributed by atoms with Gasteiger partial charge in [-0.15, -0.1) is 0 Å². The molecule has 0 amide bonds. The average Bonchev–Trinajstić information content (AvgIpc) is 2.92. The monoisotopic (exact) mass is 315 g/mol. The van der Waals surface area contributed by atoms with Crippen LogP contribution in [0.15, 0.2) is 36.9 Å². The quantitative estimate of drug-likeness (QED) is 0.766. The molecule has 1 aromatic carbocycles. The first kappa shape index (κ1) is 14.4. The van der Waals surface area contributed by atoms with Crippen molar-refractivity contribution in [1.29, 1.82) is 0 Å². The molecule has 0 saturated carbocycles. The first-order valence-electron chi connectivity index (χ1n) is 6.59. The lowest BCUT2D eigenvalue weighted by atomic mass is 10.1. The van der Waals surface area contributed by atoms with Crippen molar-refractivity contribution in [2.24, 2.45) is 12.8 Å². The molecule has 7 nitrogen and oxygen atoms in total. The molecule has 3 aromatic rings. The second-order valence-corrected chi connectivity index (χ2v) is 5.08. The van der Waals surface area contributed by atoms with Crippen LogP contribution in [0.2, 0.25) is 5.02 Å². The van der Waals surface area contributed by atoms with Crippen LogP contribution < -0.4 is 11.1 Å². The van der Waals surface area contributed by atoms with Gasteiger partial charge in [0.05, 0.1) is 11.9 Å². The fourth-order valence-corrected chi connectivity index (χ4v) is 2.22. The van der Waals surface area contributed by atoms with Gasteiger partial charge in [0.2, 0.25) is 5.95 Å². The van der Waals surface area contributed by atoms with Crippen LogP contribution in [0.25, 0.3) is 11.4 Å². The van der Waals surface area contributed by atoms with Gasteiger partial charge in [-0.05, 0) is 11.6 Å². The van der Waals surface area contributed by atoms with Gasteiger partial charge in [0, 0.05) is 30.4 Å². The summed E-state index contributed by atoms with van der Waals surface area (Å²) in [6.45, 7) is 0.393. The van der Waals surface area contributed by atoms with Crippen LogP contribution in [0.3, 0.4) is 0 Å². The Morgan fingerprint density at radius 3 is 2.86 bits per heavy atom. The number of anilines is 2. The van der Waals surface area contributed by atoms with Gasteiger partial charge in [-0.2, -0.15) is 10.1 Å². The minimum atomic E-state index is 0.393. The van der Waals surface area contributed by atoms with E-state index in [9.17, 15) is 0 Å². The Morgan fingerprint density at radius 2 is 2.18 bits per heavy atom. The third-order valence-corrected chi connectivity index (χ3v) is 3.42. The fraction of sp³-hybridized carbons (Fsp3) is 0.143. The summed E-state index contributed by atoms with van der Waals surface area (Å²) >= 11 is 6.17. The summed E-state index contributed by atoms with van der Waals surface area (Å²) < 4.78 is 1.69. The van der Waals surface area contributed by atoms with Gasteiger partial charge in [0.25, 0.3) is 0 Å². The molecule has 3 rings (SSSR count). The Hall–Kier alpha value is -2.51. The molecule has 0 unspecified atom stereocenters. The SMILES string of the molecule is Cn1cc(Nc2ncnc(-c3ccc(CN)c(Cl)c3)n2)cn1. The van der Waals surface area contributed by atoms with E-state index in [1.165, 1.54) is 6.33 Å². The highest BCUT2D eigenvalue weighted by atomic mass is 35.5. The van der Waals surface area contributed by atoms with Gasteiger partial charge < -0.3 is 11.1 Å². The van der Waals surface area contributed by atoms with Gasteiger partial charge >= 0.3 is 0 Å². The second kappa shape index (κ2) is 6.08. The number of benzene rings is 1. The molecule has 0 aliphatic heterocycles. The fourth-order valence-electron chi connectivity index (χ4n) is 1.96.